The third-order valence-corrected chi connectivity index (χ3v) is 4.25. The van der Waals surface area contributed by atoms with Crippen molar-refractivity contribution in [1.82, 2.24) is 19.9 Å². The summed E-state index contributed by atoms with van der Waals surface area (Å²) in [6, 6.07) is 0.285. The minimum Gasteiger partial charge on any atom is -0.444 e. The molecule has 7 nitrogen and oxygen atoms in total. The number of aromatic amines is 1. The standard InChI is InChI=1S/C18H27N5O2/c1-12-7-9-23(17(24)25-18(2,3)4)10-14(12)22(5)16-13-6-8-19-15(13)20-11-21-16/h6,8,11-12,14H,7,9-10H2,1-5H3,(H,19,20,21)/t12-,14-/m0/s1/i11D,12D,14D. The molecular weight excluding hydrogens is 318 g/mol. The first-order valence-electron chi connectivity index (χ1n) is 9.88. The molecule has 1 aliphatic rings. The Bertz CT molecular complexity index is 895. The van der Waals surface area contributed by atoms with Gasteiger partial charge in [-0.05, 0) is 39.2 Å². The molecule has 1 aliphatic heterocycles. The molecule has 2 aromatic rings. The van der Waals surface area contributed by atoms with E-state index < -0.39 is 23.6 Å². The number of hydrogen-bond donors (Lipinski definition) is 1. The number of amides is 1. The normalized spacial score (nSPS) is 29.0. The molecule has 0 aliphatic carbocycles. The van der Waals surface area contributed by atoms with Crippen molar-refractivity contribution in [3.05, 3.63) is 18.6 Å². The van der Waals surface area contributed by atoms with Gasteiger partial charge in [-0.1, -0.05) is 6.92 Å². The highest BCUT2D eigenvalue weighted by atomic mass is 16.6. The van der Waals surface area contributed by atoms with Crippen molar-refractivity contribution >= 4 is 22.9 Å². The zero-order valence-electron chi connectivity index (χ0n) is 18.4. The average molecular weight is 348 g/mol. The number of fused-ring (bicyclic) bond motifs is 1. The smallest absolute Gasteiger partial charge is 0.410 e. The number of rotatable bonds is 2. The van der Waals surface area contributed by atoms with E-state index in [0.717, 1.165) is 0 Å². The van der Waals surface area contributed by atoms with Gasteiger partial charge in [-0.2, -0.15) is 0 Å². The summed E-state index contributed by atoms with van der Waals surface area (Å²) in [6.45, 7) is 7.41. The number of carbonyl (C=O) groups excluding carboxylic acids is 1. The molecule has 0 unspecified atom stereocenters. The molecule has 3 rings (SSSR count). The van der Waals surface area contributed by atoms with Crippen LogP contribution in [0.1, 0.15) is 38.2 Å². The summed E-state index contributed by atoms with van der Waals surface area (Å²) in [5.41, 5.74) is -0.142. The largest absolute Gasteiger partial charge is 0.444 e. The van der Waals surface area contributed by atoms with E-state index in [1.165, 1.54) is 4.90 Å². The van der Waals surface area contributed by atoms with Crippen LogP contribution in [0.3, 0.4) is 0 Å². The van der Waals surface area contributed by atoms with Crippen molar-refractivity contribution in [3.63, 3.8) is 0 Å². The summed E-state index contributed by atoms with van der Waals surface area (Å²) in [6.07, 6.45) is 1.34. The van der Waals surface area contributed by atoms with Crippen LogP contribution in [-0.4, -0.2) is 57.7 Å². The van der Waals surface area contributed by atoms with E-state index in [2.05, 4.69) is 15.0 Å². The molecule has 1 fully saturated rings. The number of ether oxygens (including phenoxy) is 1. The van der Waals surface area contributed by atoms with Crippen molar-refractivity contribution in [2.45, 2.75) is 45.7 Å². The number of nitrogens with zero attached hydrogens (tertiary/aromatic N) is 4. The second-order valence-corrected chi connectivity index (χ2v) is 7.33. The summed E-state index contributed by atoms with van der Waals surface area (Å²) in [5, 5.41) is 0.662. The highest BCUT2D eigenvalue weighted by molar-refractivity contribution is 5.87. The number of piperidine rings is 1. The van der Waals surface area contributed by atoms with Crippen LogP contribution in [0.25, 0.3) is 11.0 Å². The van der Waals surface area contributed by atoms with Gasteiger partial charge in [-0.15, -0.1) is 0 Å². The average Bonchev–Trinajstić information content (AvgIpc) is 3.02. The number of H-pyrrole nitrogens is 1. The zero-order valence-corrected chi connectivity index (χ0v) is 15.4. The fraction of sp³-hybridized carbons (Fsp3) is 0.611. The molecule has 2 aromatic heterocycles. The molecule has 1 saturated heterocycles. The van der Waals surface area contributed by atoms with Crippen LogP contribution >= 0.6 is 0 Å². The maximum Gasteiger partial charge on any atom is 0.410 e. The van der Waals surface area contributed by atoms with Gasteiger partial charge in [0.05, 0.1) is 12.8 Å². The summed E-state index contributed by atoms with van der Waals surface area (Å²) in [7, 11) is 1.67. The lowest BCUT2D eigenvalue weighted by Gasteiger charge is -2.42. The van der Waals surface area contributed by atoms with Gasteiger partial charge >= 0.3 is 6.09 Å². The van der Waals surface area contributed by atoms with Crippen LogP contribution in [0.4, 0.5) is 10.6 Å². The molecule has 136 valence electrons. The van der Waals surface area contributed by atoms with Gasteiger partial charge < -0.3 is 19.5 Å². The fourth-order valence-corrected chi connectivity index (χ4v) is 2.92. The van der Waals surface area contributed by atoms with E-state index in [1.54, 1.807) is 51.9 Å². The van der Waals surface area contributed by atoms with Gasteiger partial charge in [0.15, 0.2) is 0 Å². The van der Waals surface area contributed by atoms with E-state index in [4.69, 9.17) is 7.48 Å². The molecule has 0 bridgehead atoms. The van der Waals surface area contributed by atoms with Crippen molar-refractivity contribution in [2.75, 3.05) is 25.0 Å². The van der Waals surface area contributed by atoms with Crippen molar-refractivity contribution in [3.8, 4) is 0 Å². The third-order valence-electron chi connectivity index (χ3n) is 4.25. The number of hydrogen-bond acceptors (Lipinski definition) is 5. The van der Waals surface area contributed by atoms with Gasteiger partial charge in [0.2, 0.25) is 0 Å². The van der Waals surface area contributed by atoms with Crippen LogP contribution in [-0.2, 0) is 4.74 Å². The van der Waals surface area contributed by atoms with Gasteiger partial charge in [0.1, 0.15) is 24.7 Å². The van der Waals surface area contributed by atoms with Gasteiger partial charge in [-0.3, -0.25) is 0 Å². The molecule has 0 radical (unpaired) electrons. The van der Waals surface area contributed by atoms with Gasteiger partial charge in [-0.25, -0.2) is 14.8 Å². The van der Waals surface area contributed by atoms with E-state index in [-0.39, 0.29) is 12.8 Å². The number of likely N-dealkylation sites (tertiary alicyclic amines) is 1. The highest BCUT2D eigenvalue weighted by Crippen LogP contribution is 2.29. The number of carbonyl (C=O) groups is 1. The topological polar surface area (TPSA) is 74.3 Å². The molecule has 0 aromatic carbocycles. The van der Waals surface area contributed by atoms with Crippen LogP contribution in [0, 0.1) is 5.89 Å². The Morgan fingerprint density at radius 1 is 1.52 bits per heavy atom. The first kappa shape index (κ1) is 13.9. The second-order valence-electron chi connectivity index (χ2n) is 7.33. The molecule has 0 saturated carbocycles. The zero-order chi connectivity index (χ0) is 20.9. The van der Waals surface area contributed by atoms with E-state index in [9.17, 15) is 6.17 Å². The lowest BCUT2D eigenvalue weighted by Crippen LogP contribution is -2.53. The lowest BCUT2D eigenvalue weighted by molar-refractivity contribution is 0.0165. The van der Waals surface area contributed by atoms with Crippen molar-refractivity contribution in [1.29, 1.82) is 0 Å². The SMILES string of the molecule is [2H]c1nc(N(C)[C@@]2([2H])CN(C(=O)OC(C)(C)C)CC[C@]2([2H])C)c2cc[nH]c2n1. The summed E-state index contributed by atoms with van der Waals surface area (Å²) < 4.78 is 31.3. The van der Waals surface area contributed by atoms with E-state index in [0.29, 0.717) is 29.8 Å². The number of anilines is 1. The van der Waals surface area contributed by atoms with Crippen LogP contribution in [0.15, 0.2) is 18.6 Å². The minimum atomic E-state index is -1.49. The van der Waals surface area contributed by atoms with Crippen molar-refractivity contribution in [2.24, 2.45) is 5.89 Å². The van der Waals surface area contributed by atoms with Gasteiger partial charge in [0.25, 0.3) is 0 Å². The minimum absolute atomic E-state index is 0.0122. The molecule has 0 spiro atoms. The number of likely N-dealkylation sites (N-methyl/N-ethyl adjacent to an activating group) is 1. The highest BCUT2D eigenvalue weighted by Gasteiger charge is 2.34. The maximum atomic E-state index is 12.6. The Balaban J connectivity index is 1.98. The number of nitrogens with one attached hydrogen (secondary N) is 1. The fourth-order valence-electron chi connectivity index (χ4n) is 2.92. The molecule has 25 heavy (non-hydrogen) atoms. The molecule has 2 atom stereocenters. The molecule has 1 N–H and O–H groups in total. The molecule has 3 heterocycles. The monoisotopic (exact) mass is 348 g/mol. The summed E-state index contributed by atoms with van der Waals surface area (Å²) in [5.74, 6) is -0.786. The Kier molecular flexibility index (Phi) is 3.64. The second kappa shape index (κ2) is 6.54. The van der Waals surface area contributed by atoms with Crippen molar-refractivity contribution < 1.29 is 13.6 Å². The van der Waals surface area contributed by atoms with Crippen LogP contribution in [0.5, 0.6) is 0 Å². The Morgan fingerprint density at radius 2 is 2.28 bits per heavy atom. The van der Waals surface area contributed by atoms with Crippen LogP contribution < -0.4 is 4.90 Å². The predicted molar refractivity (Wildman–Crippen MR) is 97.7 cm³/mol. The van der Waals surface area contributed by atoms with Crippen LogP contribution in [0.2, 0.25) is 0 Å². The van der Waals surface area contributed by atoms with Gasteiger partial charge in [0, 0.05) is 27.7 Å². The third kappa shape index (κ3) is 3.70. The molecular formula is C18H27N5O2. The Labute approximate surface area is 152 Å². The van der Waals surface area contributed by atoms with E-state index >= 15 is 0 Å². The first-order valence-corrected chi connectivity index (χ1v) is 8.38. The predicted octanol–water partition coefficient (Wildman–Crippen LogP) is 3.04. The summed E-state index contributed by atoms with van der Waals surface area (Å²) >= 11 is 0. The maximum absolute atomic E-state index is 12.6. The molecule has 1 amide bonds. The Hall–Kier alpha value is -2.31. The lowest BCUT2D eigenvalue weighted by atomic mass is 9.92. The quantitative estimate of drug-likeness (QED) is 0.903. The Morgan fingerprint density at radius 3 is 3.00 bits per heavy atom. The summed E-state index contributed by atoms with van der Waals surface area (Å²) in [4.78, 5) is 26.8. The number of aromatic nitrogens is 3. The first-order chi connectivity index (χ1) is 12.8. The van der Waals surface area contributed by atoms with E-state index in [1.807, 2.05) is 0 Å². The molecule has 7 heteroatoms.